The summed E-state index contributed by atoms with van der Waals surface area (Å²) >= 11 is 0. The molecule has 2 heterocycles. The average Bonchev–Trinajstić information content (AvgIpc) is 2.72. The Bertz CT molecular complexity index is 881. The molecule has 0 bridgehead atoms. The Labute approximate surface area is 159 Å². The number of nitrogens with one attached hydrogen (secondary N) is 1. The summed E-state index contributed by atoms with van der Waals surface area (Å²) in [5.74, 6) is 0.842. The fourth-order valence-electron chi connectivity index (χ4n) is 2.74. The van der Waals surface area contributed by atoms with Crippen molar-refractivity contribution in [2.75, 3.05) is 25.1 Å². The molecule has 0 saturated carbocycles. The first-order valence-corrected chi connectivity index (χ1v) is 10.4. The van der Waals surface area contributed by atoms with Gasteiger partial charge in [-0.1, -0.05) is 30.3 Å². The van der Waals surface area contributed by atoms with E-state index in [4.69, 9.17) is 4.74 Å². The maximum absolute atomic E-state index is 12.2. The van der Waals surface area contributed by atoms with Crippen LogP contribution in [-0.4, -0.2) is 43.6 Å². The zero-order chi connectivity index (χ0) is 19.1. The number of hydrogen-bond donors (Lipinski definition) is 1. The number of hydrogen-bond acceptors (Lipinski definition) is 7. The maximum atomic E-state index is 12.2. The van der Waals surface area contributed by atoms with E-state index >= 15 is 0 Å². The Hall–Kier alpha value is -2.52. The van der Waals surface area contributed by atoms with Crippen molar-refractivity contribution < 1.29 is 13.2 Å². The molecule has 0 spiro atoms. The van der Waals surface area contributed by atoms with Crippen molar-refractivity contribution in [2.24, 2.45) is 0 Å². The molecule has 1 aliphatic rings. The molecule has 0 amide bonds. The van der Waals surface area contributed by atoms with Crippen LogP contribution in [0.2, 0.25) is 0 Å². The quantitative estimate of drug-likeness (QED) is 0.773. The SMILES string of the molecule is COc1nc(CNS(=O)(=O)/C=C/c2ccccc2)nc(N2CCCCC2)n1. The molecule has 1 fully saturated rings. The lowest BCUT2D eigenvalue weighted by atomic mass is 10.1. The molecule has 144 valence electrons. The number of aromatic nitrogens is 3. The Balaban J connectivity index is 1.70. The van der Waals surface area contributed by atoms with Gasteiger partial charge in [0, 0.05) is 18.5 Å². The molecule has 1 aliphatic heterocycles. The highest BCUT2D eigenvalue weighted by Crippen LogP contribution is 2.17. The summed E-state index contributed by atoms with van der Waals surface area (Å²) in [6.45, 7) is 1.71. The molecule has 1 aromatic carbocycles. The van der Waals surface area contributed by atoms with Crippen LogP contribution in [0, 0.1) is 0 Å². The first-order chi connectivity index (χ1) is 13.1. The Kier molecular flexibility index (Phi) is 6.36. The van der Waals surface area contributed by atoms with Gasteiger partial charge < -0.3 is 9.64 Å². The first kappa shape index (κ1) is 19.2. The van der Waals surface area contributed by atoms with Gasteiger partial charge in [0.25, 0.3) is 0 Å². The number of methoxy groups -OCH3 is 1. The fourth-order valence-corrected chi connectivity index (χ4v) is 3.50. The lowest BCUT2D eigenvalue weighted by Gasteiger charge is -2.26. The van der Waals surface area contributed by atoms with Crippen molar-refractivity contribution in [3.63, 3.8) is 0 Å². The van der Waals surface area contributed by atoms with E-state index < -0.39 is 10.0 Å². The summed E-state index contributed by atoms with van der Waals surface area (Å²) in [7, 11) is -2.14. The van der Waals surface area contributed by atoms with Gasteiger partial charge in [-0.3, -0.25) is 0 Å². The van der Waals surface area contributed by atoms with Gasteiger partial charge in [-0.05, 0) is 30.9 Å². The van der Waals surface area contributed by atoms with Gasteiger partial charge in [0.2, 0.25) is 16.0 Å². The summed E-state index contributed by atoms with van der Waals surface area (Å²) in [5.41, 5.74) is 0.803. The number of benzene rings is 1. The Morgan fingerprint density at radius 3 is 2.56 bits per heavy atom. The molecule has 27 heavy (non-hydrogen) atoms. The van der Waals surface area contributed by atoms with Crippen LogP contribution in [0.3, 0.4) is 0 Å². The van der Waals surface area contributed by atoms with Crippen LogP contribution in [0.15, 0.2) is 35.7 Å². The second-order valence-corrected chi connectivity index (χ2v) is 7.82. The number of sulfonamides is 1. The standard InChI is InChI=1S/C18H23N5O3S/c1-26-18-21-16(20-17(22-18)23-11-6-3-7-12-23)14-19-27(24,25)13-10-15-8-4-2-5-9-15/h2,4-5,8-10,13,19H,3,6-7,11-12,14H2,1H3/b13-10+. The Morgan fingerprint density at radius 2 is 1.85 bits per heavy atom. The van der Waals surface area contributed by atoms with Gasteiger partial charge in [-0.15, -0.1) is 0 Å². The monoisotopic (exact) mass is 389 g/mol. The number of nitrogens with zero attached hydrogens (tertiary/aromatic N) is 4. The molecule has 0 atom stereocenters. The molecule has 0 radical (unpaired) electrons. The summed E-state index contributed by atoms with van der Waals surface area (Å²) in [6.07, 6.45) is 4.90. The first-order valence-electron chi connectivity index (χ1n) is 8.82. The molecule has 1 saturated heterocycles. The van der Waals surface area contributed by atoms with Crippen LogP contribution in [0.4, 0.5) is 5.95 Å². The minimum Gasteiger partial charge on any atom is -0.467 e. The van der Waals surface area contributed by atoms with Crippen LogP contribution in [0.5, 0.6) is 6.01 Å². The molecular formula is C18H23N5O3S. The zero-order valence-electron chi connectivity index (χ0n) is 15.2. The van der Waals surface area contributed by atoms with E-state index in [2.05, 4.69) is 24.6 Å². The third-order valence-corrected chi connectivity index (χ3v) is 5.18. The van der Waals surface area contributed by atoms with E-state index in [1.165, 1.54) is 19.6 Å². The number of piperidine rings is 1. The van der Waals surface area contributed by atoms with Gasteiger partial charge in [-0.2, -0.15) is 15.0 Å². The third kappa shape index (κ3) is 5.73. The fraction of sp³-hybridized carbons (Fsp3) is 0.389. The molecule has 1 aromatic heterocycles. The highest BCUT2D eigenvalue weighted by Gasteiger charge is 2.17. The van der Waals surface area contributed by atoms with Gasteiger partial charge in [0.15, 0.2) is 5.82 Å². The molecule has 3 rings (SSSR count). The van der Waals surface area contributed by atoms with Crippen molar-refractivity contribution in [3.8, 4) is 6.01 Å². The number of ether oxygens (including phenoxy) is 1. The van der Waals surface area contributed by atoms with Crippen molar-refractivity contribution in [1.29, 1.82) is 0 Å². The maximum Gasteiger partial charge on any atom is 0.321 e. The van der Waals surface area contributed by atoms with Crippen LogP contribution in [0.1, 0.15) is 30.7 Å². The highest BCUT2D eigenvalue weighted by atomic mass is 32.2. The van der Waals surface area contributed by atoms with Gasteiger partial charge in [0.1, 0.15) is 0 Å². The smallest absolute Gasteiger partial charge is 0.321 e. The lowest BCUT2D eigenvalue weighted by molar-refractivity contribution is 0.374. The van der Waals surface area contributed by atoms with Crippen molar-refractivity contribution in [3.05, 3.63) is 47.1 Å². The highest BCUT2D eigenvalue weighted by molar-refractivity contribution is 7.92. The molecule has 1 N–H and O–H groups in total. The summed E-state index contributed by atoms with van der Waals surface area (Å²) in [4.78, 5) is 14.9. The second-order valence-electron chi connectivity index (χ2n) is 6.17. The van der Waals surface area contributed by atoms with E-state index in [0.29, 0.717) is 11.8 Å². The predicted molar refractivity (Wildman–Crippen MR) is 104 cm³/mol. The van der Waals surface area contributed by atoms with Crippen LogP contribution in [0.25, 0.3) is 6.08 Å². The van der Waals surface area contributed by atoms with Crippen LogP contribution < -0.4 is 14.4 Å². The topological polar surface area (TPSA) is 97.3 Å². The van der Waals surface area contributed by atoms with Crippen molar-refractivity contribution in [1.82, 2.24) is 19.7 Å². The van der Waals surface area contributed by atoms with E-state index in [9.17, 15) is 8.42 Å². The summed E-state index contributed by atoms with van der Waals surface area (Å²) < 4.78 is 32.0. The molecule has 2 aromatic rings. The predicted octanol–water partition coefficient (Wildman–Crippen LogP) is 1.96. The van der Waals surface area contributed by atoms with Crippen LogP contribution in [-0.2, 0) is 16.6 Å². The number of anilines is 1. The lowest BCUT2D eigenvalue weighted by Crippen LogP contribution is -2.32. The summed E-state index contributed by atoms with van der Waals surface area (Å²) in [6, 6.07) is 9.40. The molecule has 8 nitrogen and oxygen atoms in total. The molecule has 0 unspecified atom stereocenters. The zero-order valence-corrected chi connectivity index (χ0v) is 16.0. The van der Waals surface area contributed by atoms with Crippen molar-refractivity contribution in [2.45, 2.75) is 25.8 Å². The second kappa shape index (κ2) is 8.92. The third-order valence-electron chi connectivity index (χ3n) is 4.14. The normalized spacial score (nSPS) is 15.2. The van der Waals surface area contributed by atoms with Gasteiger partial charge >= 0.3 is 6.01 Å². The van der Waals surface area contributed by atoms with Crippen molar-refractivity contribution >= 4 is 22.0 Å². The van der Waals surface area contributed by atoms with E-state index in [1.54, 1.807) is 0 Å². The van der Waals surface area contributed by atoms with Gasteiger partial charge in [0.05, 0.1) is 13.7 Å². The molecule has 9 heteroatoms. The van der Waals surface area contributed by atoms with E-state index in [0.717, 1.165) is 36.9 Å². The summed E-state index contributed by atoms with van der Waals surface area (Å²) in [5, 5.41) is 1.13. The van der Waals surface area contributed by atoms with E-state index in [1.807, 2.05) is 30.3 Å². The minimum absolute atomic E-state index is 0.0405. The van der Waals surface area contributed by atoms with Crippen LogP contribution >= 0.6 is 0 Å². The largest absolute Gasteiger partial charge is 0.467 e. The van der Waals surface area contributed by atoms with Gasteiger partial charge in [-0.25, -0.2) is 13.1 Å². The molecule has 0 aliphatic carbocycles. The minimum atomic E-state index is -3.62. The molecular weight excluding hydrogens is 366 g/mol. The Morgan fingerprint density at radius 1 is 1.11 bits per heavy atom. The van der Waals surface area contributed by atoms with E-state index in [-0.39, 0.29) is 12.6 Å². The number of rotatable bonds is 7. The average molecular weight is 389 g/mol.